The molecule has 0 fully saturated rings. The summed E-state index contributed by atoms with van der Waals surface area (Å²) >= 11 is 0. The Morgan fingerprint density at radius 1 is 1.71 bits per heavy atom. The standard InChI is InChI=1S/C4H5FN2/c5-4-6-2-1-3-7-4/h2H,1,3H2. The van der Waals surface area contributed by atoms with E-state index in [-0.39, 0.29) is 0 Å². The molecule has 3 heteroatoms. The minimum atomic E-state index is -0.591. The molecular weight excluding hydrogens is 95.1 g/mol. The molecule has 1 rings (SSSR count). The van der Waals surface area contributed by atoms with Crippen LogP contribution in [0.3, 0.4) is 0 Å². The number of nitrogens with zero attached hydrogens (tertiary/aromatic N) is 2. The molecule has 0 amide bonds. The van der Waals surface area contributed by atoms with Gasteiger partial charge in [-0.25, -0.2) is 9.98 Å². The van der Waals surface area contributed by atoms with Crippen molar-refractivity contribution in [2.45, 2.75) is 6.42 Å². The second kappa shape index (κ2) is 1.82. The smallest absolute Gasteiger partial charge is 0.240 e. The van der Waals surface area contributed by atoms with E-state index in [9.17, 15) is 4.39 Å². The quantitative estimate of drug-likeness (QED) is 0.402. The Kier molecular flexibility index (Phi) is 1.15. The van der Waals surface area contributed by atoms with Crippen LogP contribution in [-0.4, -0.2) is 18.8 Å². The summed E-state index contributed by atoms with van der Waals surface area (Å²) in [4.78, 5) is 6.67. The Balaban J connectivity index is 2.58. The highest BCUT2D eigenvalue weighted by Crippen LogP contribution is 1.90. The molecule has 0 atom stereocenters. The summed E-state index contributed by atoms with van der Waals surface area (Å²) in [6.07, 6.45) is 1.71. The third kappa shape index (κ3) is 1.07. The van der Waals surface area contributed by atoms with E-state index in [1.165, 1.54) is 6.21 Å². The first-order valence-corrected chi connectivity index (χ1v) is 2.12. The molecule has 2 nitrogen and oxygen atoms in total. The normalized spacial score (nSPS) is 19.3. The van der Waals surface area contributed by atoms with Crippen molar-refractivity contribution in [3.8, 4) is 0 Å². The maximum atomic E-state index is 11.7. The van der Waals surface area contributed by atoms with Crippen LogP contribution in [0.5, 0.6) is 0 Å². The summed E-state index contributed by atoms with van der Waals surface area (Å²) in [6, 6.07) is 0. The van der Waals surface area contributed by atoms with Crippen LogP contribution in [0.4, 0.5) is 4.39 Å². The van der Waals surface area contributed by atoms with Gasteiger partial charge in [0.15, 0.2) is 0 Å². The van der Waals surface area contributed by atoms with Crippen LogP contribution in [0.2, 0.25) is 0 Å². The largest absolute Gasteiger partial charge is 0.303 e. The monoisotopic (exact) mass is 100 g/mol. The highest BCUT2D eigenvalue weighted by atomic mass is 19.1. The molecule has 0 aromatic rings. The topological polar surface area (TPSA) is 24.7 Å². The molecule has 0 saturated heterocycles. The lowest BCUT2D eigenvalue weighted by molar-refractivity contribution is 0.768. The van der Waals surface area contributed by atoms with Crippen molar-refractivity contribution in [1.82, 2.24) is 0 Å². The van der Waals surface area contributed by atoms with Crippen molar-refractivity contribution in [3.05, 3.63) is 0 Å². The molecular formula is C4H5FN2. The molecule has 0 aromatic heterocycles. The summed E-state index contributed by atoms with van der Waals surface area (Å²) in [5.74, 6) is 0. The zero-order valence-electron chi connectivity index (χ0n) is 3.76. The van der Waals surface area contributed by atoms with Crippen LogP contribution >= 0.6 is 0 Å². The summed E-state index contributed by atoms with van der Waals surface area (Å²) in [7, 11) is 0. The average molecular weight is 100 g/mol. The van der Waals surface area contributed by atoms with E-state index in [0.717, 1.165) is 6.42 Å². The Hall–Kier alpha value is -0.730. The lowest BCUT2D eigenvalue weighted by Gasteiger charge is -1.92. The molecule has 0 N–H and O–H groups in total. The van der Waals surface area contributed by atoms with Crippen molar-refractivity contribution >= 4 is 12.3 Å². The van der Waals surface area contributed by atoms with Gasteiger partial charge in [0.05, 0.1) is 0 Å². The molecule has 0 spiro atoms. The van der Waals surface area contributed by atoms with Gasteiger partial charge in [-0.15, -0.1) is 0 Å². The number of hydrogen-bond acceptors (Lipinski definition) is 2. The Labute approximate surface area is 40.8 Å². The second-order valence-electron chi connectivity index (χ2n) is 1.25. The molecule has 0 aromatic carbocycles. The lowest BCUT2D eigenvalue weighted by Crippen LogP contribution is -1.95. The van der Waals surface area contributed by atoms with Crippen molar-refractivity contribution in [2.24, 2.45) is 9.98 Å². The molecule has 0 unspecified atom stereocenters. The van der Waals surface area contributed by atoms with Crippen LogP contribution in [-0.2, 0) is 0 Å². The summed E-state index contributed by atoms with van der Waals surface area (Å²) in [5.41, 5.74) is 0. The predicted molar refractivity (Wildman–Crippen MR) is 26.5 cm³/mol. The Morgan fingerprint density at radius 3 is 2.86 bits per heavy atom. The minimum Gasteiger partial charge on any atom is -0.240 e. The number of hydrogen-bond donors (Lipinski definition) is 0. The second-order valence-corrected chi connectivity index (χ2v) is 1.25. The molecule has 1 heterocycles. The lowest BCUT2D eigenvalue weighted by atomic mass is 10.4. The van der Waals surface area contributed by atoms with Crippen LogP contribution in [0.25, 0.3) is 0 Å². The number of halogens is 1. The van der Waals surface area contributed by atoms with Gasteiger partial charge in [-0.1, -0.05) is 0 Å². The van der Waals surface area contributed by atoms with E-state index in [1.807, 2.05) is 0 Å². The van der Waals surface area contributed by atoms with E-state index >= 15 is 0 Å². The fraction of sp³-hybridized carbons (Fsp3) is 0.500. The van der Waals surface area contributed by atoms with Gasteiger partial charge in [0.2, 0.25) is 0 Å². The van der Waals surface area contributed by atoms with Gasteiger partial charge in [0.25, 0.3) is 0 Å². The molecule has 0 saturated carbocycles. The van der Waals surface area contributed by atoms with Crippen LogP contribution < -0.4 is 0 Å². The molecule has 1 aliphatic heterocycles. The molecule has 0 bridgehead atoms. The van der Waals surface area contributed by atoms with E-state index in [1.54, 1.807) is 0 Å². The first-order valence-electron chi connectivity index (χ1n) is 2.12. The summed E-state index contributed by atoms with van der Waals surface area (Å²) < 4.78 is 11.7. The van der Waals surface area contributed by atoms with Gasteiger partial charge in [0.1, 0.15) is 0 Å². The predicted octanol–water partition coefficient (Wildman–Crippen LogP) is 0.786. The summed E-state index contributed by atoms with van der Waals surface area (Å²) in [5, 5.41) is 0. The van der Waals surface area contributed by atoms with Gasteiger partial charge in [-0.3, -0.25) is 0 Å². The zero-order chi connectivity index (χ0) is 5.11. The first-order chi connectivity index (χ1) is 3.39. The van der Waals surface area contributed by atoms with Crippen LogP contribution in [0.15, 0.2) is 9.98 Å². The molecule has 0 aliphatic carbocycles. The Bertz CT molecular complexity index is 117. The molecule has 1 aliphatic rings. The van der Waals surface area contributed by atoms with Crippen molar-refractivity contribution < 1.29 is 4.39 Å². The fourth-order valence-electron chi connectivity index (χ4n) is 0.395. The van der Waals surface area contributed by atoms with Gasteiger partial charge in [-0.2, -0.15) is 4.39 Å². The molecule has 0 radical (unpaired) electrons. The summed E-state index contributed by atoms with van der Waals surface area (Å²) in [6.45, 7) is 0.551. The van der Waals surface area contributed by atoms with E-state index in [0.29, 0.717) is 6.54 Å². The van der Waals surface area contributed by atoms with Gasteiger partial charge < -0.3 is 0 Å². The maximum absolute atomic E-state index is 11.7. The zero-order valence-corrected chi connectivity index (χ0v) is 3.76. The van der Waals surface area contributed by atoms with Gasteiger partial charge in [-0.05, 0) is 0 Å². The first kappa shape index (κ1) is 4.43. The Morgan fingerprint density at radius 2 is 2.57 bits per heavy atom. The third-order valence-corrected chi connectivity index (χ3v) is 0.698. The fourth-order valence-corrected chi connectivity index (χ4v) is 0.395. The average Bonchev–Trinajstić information content (AvgIpc) is 1.69. The van der Waals surface area contributed by atoms with Crippen molar-refractivity contribution in [2.75, 3.05) is 6.54 Å². The highest BCUT2D eigenvalue weighted by Gasteiger charge is 1.93. The number of aliphatic imine (C=N–C) groups is 2. The van der Waals surface area contributed by atoms with Crippen molar-refractivity contribution in [1.29, 1.82) is 0 Å². The molecule has 7 heavy (non-hydrogen) atoms. The van der Waals surface area contributed by atoms with Crippen LogP contribution in [0, 0.1) is 0 Å². The minimum absolute atomic E-state index is 0.551. The highest BCUT2D eigenvalue weighted by molar-refractivity contribution is 5.84. The van der Waals surface area contributed by atoms with E-state index in [2.05, 4.69) is 9.98 Å². The van der Waals surface area contributed by atoms with E-state index in [4.69, 9.17) is 0 Å². The van der Waals surface area contributed by atoms with E-state index < -0.39 is 6.09 Å². The van der Waals surface area contributed by atoms with Gasteiger partial charge in [0, 0.05) is 19.2 Å². The maximum Gasteiger partial charge on any atom is 0.303 e. The third-order valence-electron chi connectivity index (χ3n) is 0.698. The number of rotatable bonds is 0. The SMILES string of the molecule is FC1=NCCC=N1. The van der Waals surface area contributed by atoms with Crippen LogP contribution in [0.1, 0.15) is 6.42 Å². The van der Waals surface area contributed by atoms with Gasteiger partial charge >= 0.3 is 6.09 Å². The number of amidine groups is 1. The van der Waals surface area contributed by atoms with Crippen molar-refractivity contribution in [3.63, 3.8) is 0 Å². The molecule has 38 valence electrons.